The summed E-state index contributed by atoms with van der Waals surface area (Å²) in [6.45, 7) is 8.88. The van der Waals surface area contributed by atoms with Gasteiger partial charge in [0.2, 0.25) is 0 Å². The second-order valence-corrected chi connectivity index (χ2v) is 8.91. The predicted octanol–water partition coefficient (Wildman–Crippen LogP) is 1.12. The zero-order valence-electron chi connectivity index (χ0n) is 16.5. The summed E-state index contributed by atoms with van der Waals surface area (Å²) in [6, 6.07) is 0. The van der Waals surface area contributed by atoms with Crippen LogP contribution in [-0.2, 0) is 42.8 Å². The topological polar surface area (TPSA) is 107 Å². The fourth-order valence-corrected chi connectivity index (χ4v) is 3.63. The molecule has 0 N–H and O–H groups in total. The van der Waals surface area contributed by atoms with Crippen molar-refractivity contribution in [1.82, 2.24) is 0 Å². The quantitative estimate of drug-likeness (QED) is 0.348. The average molecular weight is 408 g/mol. The summed E-state index contributed by atoms with van der Waals surface area (Å²) in [5, 5.41) is 0. The second kappa shape index (κ2) is 8.14. The van der Waals surface area contributed by atoms with Gasteiger partial charge in [-0.05, 0) is 40.7 Å². The van der Waals surface area contributed by atoms with Crippen LogP contribution in [0.1, 0.15) is 34.6 Å². The molecule has 2 aliphatic rings. The van der Waals surface area contributed by atoms with Crippen LogP contribution >= 0.6 is 0 Å². The highest BCUT2D eigenvalue weighted by Gasteiger charge is 2.51. The summed E-state index contributed by atoms with van der Waals surface area (Å²) in [5.41, 5.74) is 0. The molecule has 0 saturated carbocycles. The number of ether oxygens (including phenoxy) is 5. The van der Waals surface area contributed by atoms with Crippen molar-refractivity contribution in [3.05, 3.63) is 12.2 Å². The van der Waals surface area contributed by atoms with Crippen LogP contribution < -0.4 is 0 Å². The van der Waals surface area contributed by atoms with E-state index in [-0.39, 0.29) is 13.2 Å². The number of hydrogen-bond donors (Lipinski definition) is 0. The molecule has 0 spiro atoms. The summed E-state index contributed by atoms with van der Waals surface area (Å²) in [5.74, 6) is -2.43. The average Bonchev–Trinajstić information content (AvgIpc) is 3.01. The number of carbonyl (C=O) groups is 1. The zero-order valence-corrected chi connectivity index (χ0v) is 17.3. The van der Waals surface area contributed by atoms with Gasteiger partial charge in [0.25, 0.3) is 10.1 Å². The van der Waals surface area contributed by atoms with Crippen LogP contribution in [0.5, 0.6) is 0 Å². The standard InChI is InChI=1S/C17H28O9S/c1-7-21-13(18)9-8-11-14(25-17(4,5)23-11)15(26-27(6,19)20)12-10-22-16(2,3)24-12/h8-9,11-12,14-15H,7,10H2,1-6H3/b9-8-/t11-,12-,14-,15-/m1/s1. The fourth-order valence-electron chi connectivity index (χ4n) is 2.99. The maximum Gasteiger partial charge on any atom is 0.330 e. The van der Waals surface area contributed by atoms with E-state index in [1.54, 1.807) is 34.6 Å². The lowest BCUT2D eigenvalue weighted by molar-refractivity contribution is -0.174. The predicted molar refractivity (Wildman–Crippen MR) is 94.2 cm³/mol. The molecule has 10 heteroatoms. The third-order valence-corrected chi connectivity index (χ3v) is 4.45. The highest BCUT2D eigenvalue weighted by Crippen LogP contribution is 2.36. The molecule has 0 aliphatic carbocycles. The molecule has 2 rings (SSSR count). The van der Waals surface area contributed by atoms with Crippen molar-refractivity contribution in [3.8, 4) is 0 Å². The van der Waals surface area contributed by atoms with E-state index in [1.807, 2.05) is 0 Å². The van der Waals surface area contributed by atoms with Crippen molar-refractivity contribution >= 4 is 16.1 Å². The lowest BCUT2D eigenvalue weighted by atomic mass is 10.0. The molecule has 0 aromatic heterocycles. The Morgan fingerprint density at radius 3 is 2.37 bits per heavy atom. The first-order valence-corrected chi connectivity index (χ1v) is 10.5. The largest absolute Gasteiger partial charge is 0.463 e. The summed E-state index contributed by atoms with van der Waals surface area (Å²) >= 11 is 0. The van der Waals surface area contributed by atoms with E-state index in [0.29, 0.717) is 0 Å². The fraction of sp³-hybridized carbons (Fsp3) is 0.824. The maximum absolute atomic E-state index is 11.8. The monoisotopic (exact) mass is 408 g/mol. The first-order valence-electron chi connectivity index (χ1n) is 8.72. The van der Waals surface area contributed by atoms with E-state index in [2.05, 4.69) is 0 Å². The van der Waals surface area contributed by atoms with Gasteiger partial charge in [0, 0.05) is 6.08 Å². The third kappa shape index (κ3) is 6.51. The molecule has 2 aliphatic heterocycles. The summed E-state index contributed by atoms with van der Waals surface area (Å²) < 4.78 is 56.8. The van der Waals surface area contributed by atoms with Crippen LogP contribution in [0.25, 0.3) is 0 Å². The normalized spacial score (nSPS) is 31.3. The van der Waals surface area contributed by atoms with Gasteiger partial charge >= 0.3 is 5.97 Å². The van der Waals surface area contributed by atoms with Crippen molar-refractivity contribution in [2.24, 2.45) is 0 Å². The Labute approximate surface area is 160 Å². The molecule has 9 nitrogen and oxygen atoms in total. The van der Waals surface area contributed by atoms with Crippen LogP contribution in [0.3, 0.4) is 0 Å². The Balaban J connectivity index is 2.28. The van der Waals surface area contributed by atoms with Crippen LogP contribution in [0.4, 0.5) is 0 Å². The molecule has 27 heavy (non-hydrogen) atoms. The molecule has 0 amide bonds. The van der Waals surface area contributed by atoms with Crippen LogP contribution in [0.15, 0.2) is 12.2 Å². The molecular weight excluding hydrogens is 380 g/mol. The molecule has 0 bridgehead atoms. The second-order valence-electron chi connectivity index (χ2n) is 7.31. The van der Waals surface area contributed by atoms with E-state index in [4.69, 9.17) is 27.9 Å². The van der Waals surface area contributed by atoms with Crippen LogP contribution in [-0.4, -0.2) is 69.8 Å². The Bertz CT molecular complexity index is 668. The minimum atomic E-state index is -3.82. The smallest absolute Gasteiger partial charge is 0.330 e. The summed E-state index contributed by atoms with van der Waals surface area (Å²) in [4.78, 5) is 11.6. The number of carbonyl (C=O) groups excluding carboxylic acids is 1. The van der Waals surface area contributed by atoms with Gasteiger partial charge in [-0.15, -0.1) is 0 Å². The van der Waals surface area contributed by atoms with Gasteiger partial charge in [-0.25, -0.2) is 4.79 Å². The van der Waals surface area contributed by atoms with Gasteiger partial charge < -0.3 is 23.7 Å². The maximum atomic E-state index is 11.8. The van der Waals surface area contributed by atoms with Crippen LogP contribution in [0, 0.1) is 0 Å². The van der Waals surface area contributed by atoms with E-state index < -0.39 is 52.1 Å². The van der Waals surface area contributed by atoms with Crippen molar-refractivity contribution in [2.45, 2.75) is 70.6 Å². The van der Waals surface area contributed by atoms with E-state index in [1.165, 1.54) is 12.2 Å². The number of hydrogen-bond acceptors (Lipinski definition) is 9. The van der Waals surface area contributed by atoms with Gasteiger partial charge in [-0.3, -0.25) is 4.18 Å². The Morgan fingerprint density at radius 1 is 1.19 bits per heavy atom. The highest BCUT2D eigenvalue weighted by atomic mass is 32.2. The zero-order chi connectivity index (χ0) is 20.5. The van der Waals surface area contributed by atoms with Gasteiger partial charge in [0.15, 0.2) is 11.6 Å². The lowest BCUT2D eigenvalue weighted by Crippen LogP contribution is -2.47. The molecule has 0 aromatic carbocycles. The molecule has 0 aromatic rings. The Hall–Kier alpha value is -1.04. The molecule has 2 saturated heterocycles. The van der Waals surface area contributed by atoms with Crippen molar-refractivity contribution < 1.29 is 41.1 Å². The first-order chi connectivity index (χ1) is 12.3. The third-order valence-electron chi connectivity index (χ3n) is 3.88. The minimum absolute atomic E-state index is 0.127. The van der Waals surface area contributed by atoms with Gasteiger partial charge in [0.05, 0.1) is 19.5 Å². The highest BCUT2D eigenvalue weighted by molar-refractivity contribution is 7.86. The van der Waals surface area contributed by atoms with Crippen molar-refractivity contribution in [3.63, 3.8) is 0 Å². The van der Waals surface area contributed by atoms with Crippen molar-refractivity contribution in [1.29, 1.82) is 0 Å². The van der Waals surface area contributed by atoms with E-state index in [0.717, 1.165) is 6.26 Å². The molecule has 0 radical (unpaired) electrons. The lowest BCUT2D eigenvalue weighted by Gasteiger charge is -2.29. The summed E-state index contributed by atoms with van der Waals surface area (Å²) in [6.07, 6.45) is 0.323. The first kappa shape index (κ1) is 22.3. The Kier molecular flexibility index (Phi) is 6.71. The molecule has 2 fully saturated rings. The molecule has 2 heterocycles. The van der Waals surface area contributed by atoms with E-state index >= 15 is 0 Å². The van der Waals surface area contributed by atoms with E-state index in [9.17, 15) is 13.2 Å². The van der Waals surface area contributed by atoms with Gasteiger partial charge in [0.1, 0.15) is 24.4 Å². The molecule has 4 atom stereocenters. The molecule has 156 valence electrons. The van der Waals surface area contributed by atoms with Crippen molar-refractivity contribution in [2.75, 3.05) is 19.5 Å². The number of rotatable bonds is 7. The number of esters is 1. The SMILES string of the molecule is CCOC(=O)/C=C\[C@H]1OC(C)(C)O[C@H]1[C@H](OS(C)(=O)=O)[C@H]1COC(C)(C)O1. The van der Waals surface area contributed by atoms with Gasteiger partial charge in [-0.1, -0.05) is 0 Å². The van der Waals surface area contributed by atoms with Crippen LogP contribution in [0.2, 0.25) is 0 Å². The van der Waals surface area contributed by atoms with Gasteiger partial charge in [-0.2, -0.15) is 8.42 Å². The molecule has 0 unspecified atom stereocenters. The molecular formula is C17H28O9S. The summed E-state index contributed by atoms with van der Waals surface area (Å²) in [7, 11) is -3.82. The Morgan fingerprint density at radius 2 is 1.85 bits per heavy atom. The minimum Gasteiger partial charge on any atom is -0.463 e.